The number of nitrogen functional groups attached to an aromatic ring is 1. The molecule has 4 rings (SSSR count). The number of fused-ring (bicyclic) bond motifs is 1. The number of amidine groups is 1. The number of imide groups is 1. The second kappa shape index (κ2) is 10.0. The average molecular weight is 503 g/mol. The largest absolute Gasteiger partial charge is 0.497 e. The number of carbonyl (C=O) groups excluding carboxylic acids is 1. The summed E-state index contributed by atoms with van der Waals surface area (Å²) in [5.41, 5.74) is 10.1. The van der Waals surface area contributed by atoms with E-state index in [0.29, 0.717) is 40.4 Å². The van der Waals surface area contributed by atoms with Crippen LogP contribution in [-0.4, -0.2) is 59.6 Å². The molecule has 5 N–H and O–H groups in total. The Kier molecular flexibility index (Phi) is 6.83. The molecule has 0 fully saturated rings. The third kappa shape index (κ3) is 4.94. The van der Waals surface area contributed by atoms with Crippen LogP contribution in [0.25, 0.3) is 11.1 Å². The zero-order valence-corrected chi connectivity index (χ0v) is 20.3. The quantitative estimate of drug-likeness (QED) is 0.282. The summed E-state index contributed by atoms with van der Waals surface area (Å²) in [6.07, 6.45) is -0.640. The van der Waals surface area contributed by atoms with Crippen molar-refractivity contribution in [3.8, 4) is 16.9 Å². The van der Waals surface area contributed by atoms with Gasteiger partial charge < -0.3 is 25.6 Å². The number of benzene rings is 3. The van der Waals surface area contributed by atoms with Crippen LogP contribution in [0.5, 0.6) is 5.75 Å². The first-order valence-electron chi connectivity index (χ1n) is 11.4. The van der Waals surface area contributed by atoms with Crippen molar-refractivity contribution >= 4 is 29.5 Å². The van der Waals surface area contributed by atoms with Crippen molar-refractivity contribution in [1.82, 2.24) is 4.90 Å². The highest BCUT2D eigenvalue weighted by atomic mass is 16.5. The lowest BCUT2D eigenvalue weighted by molar-refractivity contribution is 0.0696. The molecule has 10 heteroatoms. The molecule has 0 aromatic heterocycles. The van der Waals surface area contributed by atoms with E-state index in [-0.39, 0.29) is 17.0 Å². The summed E-state index contributed by atoms with van der Waals surface area (Å²) in [4.78, 5) is 39.0. The molecule has 1 aliphatic heterocycles. The molecule has 1 heterocycles. The van der Waals surface area contributed by atoms with Gasteiger partial charge in [0.2, 0.25) is 0 Å². The SMILES string of the molecule is COc1ccc(-c2cc(C(=O)N(C)C(=O)O)ccc2CN2CCc3cc(C(=N)N)ccc32)c(C(=O)O)c1. The summed E-state index contributed by atoms with van der Waals surface area (Å²) in [6.45, 7) is 1.11. The minimum absolute atomic E-state index is 0.00386. The van der Waals surface area contributed by atoms with E-state index < -0.39 is 18.0 Å². The monoisotopic (exact) mass is 502 g/mol. The number of carbonyl (C=O) groups is 3. The van der Waals surface area contributed by atoms with Crippen LogP contribution < -0.4 is 15.4 Å². The van der Waals surface area contributed by atoms with Crippen LogP contribution >= 0.6 is 0 Å². The zero-order valence-electron chi connectivity index (χ0n) is 20.3. The fraction of sp³-hybridized carbons (Fsp3) is 0.185. The molecule has 1 aliphatic rings. The Morgan fingerprint density at radius 2 is 1.76 bits per heavy atom. The number of ether oxygens (including phenoxy) is 1. The van der Waals surface area contributed by atoms with Crippen molar-refractivity contribution in [2.24, 2.45) is 5.73 Å². The van der Waals surface area contributed by atoms with Crippen molar-refractivity contribution in [3.63, 3.8) is 0 Å². The highest BCUT2D eigenvalue weighted by Crippen LogP contribution is 2.35. The van der Waals surface area contributed by atoms with Gasteiger partial charge in [0.25, 0.3) is 5.91 Å². The van der Waals surface area contributed by atoms with E-state index in [0.717, 1.165) is 30.3 Å². The Labute approximate surface area is 213 Å². The topological polar surface area (TPSA) is 157 Å². The zero-order chi connectivity index (χ0) is 26.9. The minimum atomic E-state index is -1.40. The van der Waals surface area contributed by atoms with Gasteiger partial charge >= 0.3 is 12.1 Å². The lowest BCUT2D eigenvalue weighted by atomic mass is 9.92. The summed E-state index contributed by atoms with van der Waals surface area (Å²) in [5.74, 6) is -1.53. The predicted molar refractivity (Wildman–Crippen MR) is 138 cm³/mol. The molecule has 0 radical (unpaired) electrons. The number of rotatable bonds is 7. The summed E-state index contributed by atoms with van der Waals surface area (Å²) in [5, 5.41) is 26.9. The Bertz CT molecular complexity index is 1430. The lowest BCUT2D eigenvalue weighted by Crippen LogP contribution is -2.31. The van der Waals surface area contributed by atoms with Gasteiger partial charge in [-0.25, -0.2) is 14.5 Å². The van der Waals surface area contributed by atoms with Crippen LogP contribution in [0.15, 0.2) is 54.6 Å². The van der Waals surface area contributed by atoms with Gasteiger partial charge in [-0.2, -0.15) is 0 Å². The highest BCUT2D eigenvalue weighted by Gasteiger charge is 2.25. The number of carboxylic acids is 1. The first-order valence-corrected chi connectivity index (χ1v) is 11.4. The Hall–Kier alpha value is -4.86. The third-order valence-electron chi connectivity index (χ3n) is 6.44. The number of hydrogen-bond donors (Lipinski definition) is 4. The fourth-order valence-corrected chi connectivity index (χ4v) is 4.45. The number of anilines is 1. The van der Waals surface area contributed by atoms with E-state index in [9.17, 15) is 24.6 Å². The molecule has 0 aliphatic carbocycles. The van der Waals surface area contributed by atoms with E-state index in [1.165, 1.54) is 19.2 Å². The molecule has 0 spiro atoms. The summed E-state index contributed by atoms with van der Waals surface area (Å²) >= 11 is 0. The van der Waals surface area contributed by atoms with E-state index in [2.05, 4.69) is 4.90 Å². The first kappa shape index (κ1) is 25.2. The molecule has 0 unspecified atom stereocenters. The number of aromatic carboxylic acids is 1. The van der Waals surface area contributed by atoms with Crippen molar-refractivity contribution in [1.29, 1.82) is 5.41 Å². The van der Waals surface area contributed by atoms with Crippen LogP contribution in [0.4, 0.5) is 10.5 Å². The number of nitrogens with two attached hydrogens (primary N) is 1. The molecular weight excluding hydrogens is 476 g/mol. The second-order valence-electron chi connectivity index (χ2n) is 8.66. The summed E-state index contributed by atoms with van der Waals surface area (Å²) in [7, 11) is 2.60. The van der Waals surface area contributed by atoms with Crippen LogP contribution in [0.3, 0.4) is 0 Å². The highest BCUT2D eigenvalue weighted by molar-refractivity contribution is 6.04. The maximum absolute atomic E-state index is 12.8. The molecular formula is C27H26N4O6. The molecule has 2 amide bonds. The molecule has 10 nitrogen and oxygen atoms in total. The van der Waals surface area contributed by atoms with Gasteiger partial charge in [0.15, 0.2) is 0 Å². The van der Waals surface area contributed by atoms with Crippen molar-refractivity contribution in [3.05, 3.63) is 82.4 Å². The predicted octanol–water partition coefficient (Wildman–Crippen LogP) is 3.66. The van der Waals surface area contributed by atoms with Crippen LogP contribution in [0.2, 0.25) is 0 Å². The summed E-state index contributed by atoms with van der Waals surface area (Å²) < 4.78 is 5.20. The molecule has 37 heavy (non-hydrogen) atoms. The smallest absolute Gasteiger partial charge is 0.414 e. The number of methoxy groups -OCH3 is 1. The molecule has 0 saturated carbocycles. The first-order chi connectivity index (χ1) is 17.6. The second-order valence-corrected chi connectivity index (χ2v) is 8.66. The molecule has 190 valence electrons. The van der Waals surface area contributed by atoms with E-state index >= 15 is 0 Å². The van der Waals surface area contributed by atoms with Gasteiger partial charge in [0.05, 0.1) is 12.7 Å². The van der Waals surface area contributed by atoms with Gasteiger partial charge in [-0.05, 0) is 77.2 Å². The van der Waals surface area contributed by atoms with Gasteiger partial charge in [-0.3, -0.25) is 10.2 Å². The number of nitrogens with zero attached hydrogens (tertiary/aromatic N) is 2. The Morgan fingerprint density at radius 1 is 1.03 bits per heavy atom. The van der Waals surface area contributed by atoms with Crippen molar-refractivity contribution in [2.75, 3.05) is 25.6 Å². The van der Waals surface area contributed by atoms with Gasteiger partial charge in [0.1, 0.15) is 11.6 Å². The molecule has 3 aromatic carbocycles. The van der Waals surface area contributed by atoms with Crippen LogP contribution in [0, 0.1) is 5.41 Å². The normalized spacial score (nSPS) is 12.1. The van der Waals surface area contributed by atoms with E-state index in [4.69, 9.17) is 15.9 Å². The number of hydrogen-bond acceptors (Lipinski definition) is 6. The Morgan fingerprint density at radius 3 is 2.41 bits per heavy atom. The van der Waals surface area contributed by atoms with Gasteiger partial charge in [-0.1, -0.05) is 6.07 Å². The number of carboxylic acid groups (broad SMARTS) is 2. The lowest BCUT2D eigenvalue weighted by Gasteiger charge is -2.23. The maximum Gasteiger partial charge on any atom is 0.414 e. The fourth-order valence-electron chi connectivity index (χ4n) is 4.45. The average Bonchev–Trinajstić information content (AvgIpc) is 3.29. The van der Waals surface area contributed by atoms with Crippen LogP contribution in [0.1, 0.15) is 37.4 Å². The van der Waals surface area contributed by atoms with Crippen molar-refractivity contribution in [2.45, 2.75) is 13.0 Å². The molecule has 0 bridgehead atoms. The van der Waals surface area contributed by atoms with Gasteiger partial charge in [0, 0.05) is 37.0 Å². The van der Waals surface area contributed by atoms with E-state index in [1.807, 2.05) is 12.1 Å². The minimum Gasteiger partial charge on any atom is -0.497 e. The van der Waals surface area contributed by atoms with Crippen molar-refractivity contribution < 1.29 is 29.3 Å². The van der Waals surface area contributed by atoms with E-state index in [1.54, 1.807) is 30.3 Å². The maximum atomic E-state index is 12.8. The molecule has 0 atom stereocenters. The number of amides is 2. The standard InChI is InChI=1S/C27H26N4O6/c1-30(27(35)36)25(32)17-3-4-18(14-31-10-9-15-11-16(24(28)29)5-8-23(15)31)21(12-17)20-7-6-19(37-2)13-22(20)26(33)34/h3-8,11-13H,9-10,14H2,1-2H3,(H3,28,29)(H,33,34)(H,35,36). The molecule has 3 aromatic rings. The van der Waals surface area contributed by atoms with Crippen LogP contribution in [-0.2, 0) is 13.0 Å². The summed E-state index contributed by atoms with van der Waals surface area (Å²) in [6, 6.07) is 15.1. The van der Waals surface area contributed by atoms with Gasteiger partial charge in [-0.15, -0.1) is 0 Å². The Balaban J connectivity index is 1.81. The number of nitrogens with one attached hydrogen (secondary N) is 1. The third-order valence-corrected chi connectivity index (χ3v) is 6.44. The molecule has 0 saturated heterocycles.